The van der Waals surface area contributed by atoms with Gasteiger partial charge in [0.15, 0.2) is 11.6 Å². The number of hydrogen-bond donors (Lipinski definition) is 0. The maximum absolute atomic E-state index is 11.6. The number of aromatic nitrogens is 4. The van der Waals surface area contributed by atoms with Crippen LogP contribution in [0.2, 0.25) is 0 Å². The standard InChI is InChI=1S/C17H19N5O2S/c1-21(25(2,23)24)13-11-16-19-17(14-8-4-3-5-9-14)20-22(16)15-10-6-7-12-18-15/h3-10,12H,11,13H2,1-2H3. The Kier molecular flexibility index (Phi) is 4.91. The Bertz CT molecular complexity index is 940. The molecule has 0 fully saturated rings. The quantitative estimate of drug-likeness (QED) is 0.671. The van der Waals surface area contributed by atoms with Gasteiger partial charge in [-0.3, -0.25) is 0 Å². The van der Waals surface area contributed by atoms with Crippen molar-refractivity contribution in [2.45, 2.75) is 6.42 Å². The third kappa shape index (κ3) is 4.09. The van der Waals surface area contributed by atoms with Crippen LogP contribution in [0.3, 0.4) is 0 Å². The molecule has 0 saturated carbocycles. The van der Waals surface area contributed by atoms with Crippen LogP contribution in [0.4, 0.5) is 0 Å². The van der Waals surface area contributed by atoms with E-state index in [1.165, 1.54) is 10.6 Å². The molecule has 3 rings (SSSR count). The monoisotopic (exact) mass is 357 g/mol. The predicted molar refractivity (Wildman–Crippen MR) is 95.8 cm³/mol. The summed E-state index contributed by atoms with van der Waals surface area (Å²) in [5.41, 5.74) is 0.898. The lowest BCUT2D eigenvalue weighted by molar-refractivity contribution is 0.472. The average Bonchev–Trinajstić information content (AvgIpc) is 3.04. The predicted octanol–water partition coefficient (Wildman–Crippen LogP) is 1.76. The molecule has 2 aromatic heterocycles. The number of likely N-dealkylation sites (N-methyl/N-ethyl adjacent to an activating group) is 1. The van der Waals surface area contributed by atoms with Gasteiger partial charge in [0.2, 0.25) is 10.0 Å². The molecule has 130 valence electrons. The lowest BCUT2D eigenvalue weighted by atomic mass is 10.2. The van der Waals surface area contributed by atoms with Crippen LogP contribution in [-0.2, 0) is 16.4 Å². The van der Waals surface area contributed by atoms with Crippen molar-refractivity contribution < 1.29 is 8.42 Å². The third-order valence-corrected chi connectivity index (χ3v) is 5.10. The summed E-state index contributed by atoms with van der Waals surface area (Å²) >= 11 is 0. The zero-order chi connectivity index (χ0) is 17.9. The minimum atomic E-state index is -3.24. The normalized spacial score (nSPS) is 11.8. The van der Waals surface area contributed by atoms with Crippen LogP contribution in [0, 0.1) is 0 Å². The molecular weight excluding hydrogens is 338 g/mol. The maximum Gasteiger partial charge on any atom is 0.210 e. The van der Waals surface area contributed by atoms with Crippen LogP contribution in [0.5, 0.6) is 0 Å². The van der Waals surface area contributed by atoms with Gasteiger partial charge >= 0.3 is 0 Å². The van der Waals surface area contributed by atoms with Crippen molar-refractivity contribution in [3.05, 3.63) is 60.6 Å². The Morgan fingerprint density at radius 2 is 1.80 bits per heavy atom. The first kappa shape index (κ1) is 17.2. The van der Waals surface area contributed by atoms with Crippen molar-refractivity contribution in [1.82, 2.24) is 24.1 Å². The van der Waals surface area contributed by atoms with E-state index in [1.807, 2.05) is 48.5 Å². The zero-order valence-electron chi connectivity index (χ0n) is 14.1. The van der Waals surface area contributed by atoms with Crippen molar-refractivity contribution in [3.8, 4) is 17.2 Å². The topological polar surface area (TPSA) is 81.0 Å². The number of pyridine rings is 1. The number of benzene rings is 1. The molecule has 0 aliphatic carbocycles. The number of rotatable bonds is 6. The van der Waals surface area contributed by atoms with Crippen molar-refractivity contribution in [1.29, 1.82) is 0 Å². The largest absolute Gasteiger partial charge is 0.237 e. The van der Waals surface area contributed by atoms with Gasteiger partial charge in [-0.25, -0.2) is 22.7 Å². The summed E-state index contributed by atoms with van der Waals surface area (Å²) < 4.78 is 26.2. The average molecular weight is 357 g/mol. The lowest BCUT2D eigenvalue weighted by Crippen LogP contribution is -2.28. The highest BCUT2D eigenvalue weighted by Gasteiger charge is 2.17. The number of hydrogen-bond acceptors (Lipinski definition) is 5. The second-order valence-electron chi connectivity index (χ2n) is 5.65. The van der Waals surface area contributed by atoms with E-state index in [0.29, 0.717) is 30.4 Å². The van der Waals surface area contributed by atoms with Gasteiger partial charge in [0.05, 0.1) is 6.26 Å². The van der Waals surface area contributed by atoms with E-state index in [2.05, 4.69) is 15.1 Å². The molecule has 3 aromatic rings. The van der Waals surface area contributed by atoms with E-state index in [-0.39, 0.29) is 0 Å². The van der Waals surface area contributed by atoms with E-state index in [4.69, 9.17) is 0 Å². The highest BCUT2D eigenvalue weighted by molar-refractivity contribution is 7.88. The SMILES string of the molecule is CN(CCc1nc(-c2ccccc2)nn1-c1ccccn1)S(C)(=O)=O. The van der Waals surface area contributed by atoms with Crippen LogP contribution in [0.25, 0.3) is 17.2 Å². The molecule has 0 atom stereocenters. The second-order valence-corrected chi connectivity index (χ2v) is 7.74. The highest BCUT2D eigenvalue weighted by Crippen LogP contribution is 2.17. The minimum absolute atomic E-state index is 0.318. The molecule has 7 nitrogen and oxygen atoms in total. The first-order chi connectivity index (χ1) is 11.9. The summed E-state index contributed by atoms with van der Waals surface area (Å²) in [4.78, 5) is 8.92. The molecule has 0 bridgehead atoms. The van der Waals surface area contributed by atoms with Gasteiger partial charge < -0.3 is 0 Å². The summed E-state index contributed by atoms with van der Waals surface area (Å²) in [7, 11) is -1.69. The fourth-order valence-electron chi connectivity index (χ4n) is 2.30. The van der Waals surface area contributed by atoms with Crippen molar-refractivity contribution in [3.63, 3.8) is 0 Å². The Morgan fingerprint density at radius 1 is 1.08 bits per heavy atom. The van der Waals surface area contributed by atoms with E-state index in [9.17, 15) is 8.42 Å². The smallest absolute Gasteiger partial charge is 0.210 e. The molecule has 0 radical (unpaired) electrons. The summed E-state index contributed by atoms with van der Waals surface area (Å²) in [5, 5.41) is 4.57. The summed E-state index contributed by atoms with van der Waals surface area (Å²) in [5.74, 6) is 1.89. The van der Waals surface area contributed by atoms with E-state index in [1.54, 1.807) is 17.9 Å². The number of sulfonamides is 1. The van der Waals surface area contributed by atoms with Crippen molar-refractivity contribution in [2.75, 3.05) is 19.8 Å². The molecule has 0 spiro atoms. The Morgan fingerprint density at radius 3 is 2.44 bits per heavy atom. The van der Waals surface area contributed by atoms with Crippen molar-refractivity contribution >= 4 is 10.0 Å². The highest BCUT2D eigenvalue weighted by atomic mass is 32.2. The summed E-state index contributed by atoms with van der Waals surface area (Å²) in [6.45, 7) is 0.318. The molecule has 2 heterocycles. The van der Waals surface area contributed by atoms with Crippen LogP contribution < -0.4 is 0 Å². The first-order valence-electron chi connectivity index (χ1n) is 7.79. The van der Waals surface area contributed by atoms with Crippen LogP contribution in [-0.4, -0.2) is 52.3 Å². The number of nitrogens with zero attached hydrogens (tertiary/aromatic N) is 5. The molecule has 0 amide bonds. The second kappa shape index (κ2) is 7.12. The van der Waals surface area contributed by atoms with Crippen LogP contribution >= 0.6 is 0 Å². The van der Waals surface area contributed by atoms with E-state index in [0.717, 1.165) is 5.56 Å². The first-order valence-corrected chi connectivity index (χ1v) is 9.64. The van der Waals surface area contributed by atoms with Gasteiger partial charge in [0, 0.05) is 31.8 Å². The minimum Gasteiger partial charge on any atom is -0.237 e. The molecule has 0 aliphatic heterocycles. The molecule has 0 N–H and O–H groups in total. The Hall–Kier alpha value is -2.58. The van der Waals surface area contributed by atoms with Gasteiger partial charge in [-0.15, -0.1) is 5.10 Å². The Labute approximate surface area is 147 Å². The van der Waals surface area contributed by atoms with Gasteiger partial charge in [0.1, 0.15) is 5.82 Å². The van der Waals surface area contributed by atoms with Crippen LogP contribution in [0.15, 0.2) is 54.7 Å². The molecule has 0 saturated heterocycles. The van der Waals surface area contributed by atoms with E-state index >= 15 is 0 Å². The molecule has 0 aliphatic rings. The van der Waals surface area contributed by atoms with E-state index < -0.39 is 10.0 Å². The van der Waals surface area contributed by atoms with Gasteiger partial charge in [-0.1, -0.05) is 36.4 Å². The van der Waals surface area contributed by atoms with Gasteiger partial charge in [-0.05, 0) is 12.1 Å². The summed E-state index contributed by atoms with van der Waals surface area (Å²) in [6.07, 6.45) is 3.30. The molecule has 25 heavy (non-hydrogen) atoms. The van der Waals surface area contributed by atoms with Gasteiger partial charge in [0.25, 0.3) is 0 Å². The van der Waals surface area contributed by atoms with Crippen molar-refractivity contribution in [2.24, 2.45) is 0 Å². The Balaban J connectivity index is 1.96. The fourth-order valence-corrected chi connectivity index (χ4v) is 2.72. The summed E-state index contributed by atoms with van der Waals surface area (Å²) in [6, 6.07) is 15.2. The molecular formula is C17H19N5O2S. The van der Waals surface area contributed by atoms with Crippen LogP contribution in [0.1, 0.15) is 5.82 Å². The van der Waals surface area contributed by atoms with Gasteiger partial charge in [-0.2, -0.15) is 4.68 Å². The maximum atomic E-state index is 11.6. The third-order valence-electron chi connectivity index (χ3n) is 3.79. The molecule has 0 unspecified atom stereocenters. The lowest BCUT2D eigenvalue weighted by Gasteiger charge is -2.13. The zero-order valence-corrected chi connectivity index (χ0v) is 14.9. The fraction of sp³-hybridized carbons (Fsp3) is 0.235. The molecule has 1 aromatic carbocycles. The molecule has 8 heteroatoms.